The number of halogens is 2. The van der Waals surface area contributed by atoms with Crippen molar-refractivity contribution in [2.45, 2.75) is 37.4 Å². The zero-order valence-corrected chi connectivity index (χ0v) is 24.4. The number of fused-ring (bicyclic) bond motifs is 2. The highest BCUT2D eigenvalue weighted by Gasteiger charge is 2.55. The van der Waals surface area contributed by atoms with E-state index in [1.54, 1.807) is 24.3 Å². The molecule has 1 saturated heterocycles. The van der Waals surface area contributed by atoms with Gasteiger partial charge in [-0.05, 0) is 78.4 Å². The first-order valence-electron chi connectivity index (χ1n) is 14.1. The number of rotatable bonds is 5. The maximum Gasteiger partial charge on any atom is 0.264 e. The van der Waals surface area contributed by atoms with Gasteiger partial charge in [-0.25, -0.2) is 9.91 Å². The topological polar surface area (TPSA) is 98.0 Å². The van der Waals surface area contributed by atoms with Gasteiger partial charge in [0.2, 0.25) is 0 Å². The fourth-order valence-electron chi connectivity index (χ4n) is 6.36. The molecule has 0 aromatic heterocycles. The number of carbonyl (C=O) groups is 3. The van der Waals surface area contributed by atoms with Crippen LogP contribution in [0.15, 0.2) is 99.9 Å². The molecule has 0 spiro atoms. The Labute approximate surface area is 258 Å². The molecule has 3 heterocycles. The molecule has 1 aliphatic carbocycles. The van der Waals surface area contributed by atoms with Gasteiger partial charge >= 0.3 is 0 Å². The van der Waals surface area contributed by atoms with Gasteiger partial charge in [-0.3, -0.25) is 19.4 Å². The number of nitrogens with zero attached hydrogens (tertiary/aromatic N) is 6. The Morgan fingerprint density at radius 3 is 2.30 bits per heavy atom. The normalized spacial score (nSPS) is 25.4. The van der Waals surface area contributed by atoms with Gasteiger partial charge in [0.15, 0.2) is 12.1 Å². The molecule has 3 amide bonds. The highest BCUT2D eigenvalue weighted by molar-refractivity contribution is 6.31. The Kier molecular flexibility index (Phi) is 7.07. The average molecular weight is 614 g/mol. The molecule has 1 saturated carbocycles. The lowest BCUT2D eigenvalue weighted by atomic mass is 9.77. The first kappa shape index (κ1) is 27.5. The van der Waals surface area contributed by atoms with Crippen molar-refractivity contribution in [2.75, 3.05) is 11.4 Å². The molecule has 216 valence electrons. The molecular formula is C32H26Cl2N6O3. The molecule has 11 heteroatoms. The number of carbonyl (C=O) groups excluding carboxylic acids is 3. The molecule has 3 aromatic carbocycles. The van der Waals surface area contributed by atoms with Crippen LogP contribution in [-0.2, 0) is 14.4 Å². The number of hydrazone groups is 1. The fourth-order valence-corrected chi connectivity index (χ4v) is 6.61. The van der Waals surface area contributed by atoms with E-state index in [-0.39, 0.29) is 24.4 Å². The molecule has 0 N–H and O–H groups in total. The molecule has 0 unspecified atom stereocenters. The molecule has 4 aliphatic rings. The first-order chi connectivity index (χ1) is 20.9. The third-order valence-corrected chi connectivity index (χ3v) is 8.85. The van der Waals surface area contributed by atoms with E-state index in [9.17, 15) is 14.4 Å². The van der Waals surface area contributed by atoms with Crippen molar-refractivity contribution in [1.82, 2.24) is 10.0 Å². The highest BCUT2D eigenvalue weighted by Crippen LogP contribution is 2.45. The molecule has 3 aromatic rings. The number of allylic oxidation sites excluding steroid dienone is 1. The van der Waals surface area contributed by atoms with Crippen molar-refractivity contribution in [3.05, 3.63) is 106 Å². The molecule has 4 atom stereocenters. The molecule has 3 aliphatic heterocycles. The molecule has 43 heavy (non-hydrogen) atoms. The lowest BCUT2D eigenvalue weighted by molar-refractivity contribution is -0.136. The minimum Gasteiger partial charge on any atom is -0.271 e. The number of amides is 3. The van der Waals surface area contributed by atoms with E-state index in [0.717, 1.165) is 46.6 Å². The maximum atomic E-state index is 14.0. The predicted molar refractivity (Wildman–Crippen MR) is 163 cm³/mol. The summed E-state index contributed by atoms with van der Waals surface area (Å²) in [4.78, 5) is 41.7. The van der Waals surface area contributed by atoms with Gasteiger partial charge in [0.1, 0.15) is 6.54 Å². The molecule has 9 nitrogen and oxygen atoms in total. The lowest BCUT2D eigenvalue weighted by Gasteiger charge is -2.30. The van der Waals surface area contributed by atoms with Crippen molar-refractivity contribution < 1.29 is 14.4 Å². The number of benzene rings is 3. The second kappa shape index (κ2) is 11.1. The van der Waals surface area contributed by atoms with Crippen LogP contribution >= 0.6 is 23.2 Å². The lowest BCUT2D eigenvalue weighted by Crippen LogP contribution is -2.45. The van der Waals surface area contributed by atoms with Gasteiger partial charge in [0.25, 0.3) is 17.7 Å². The summed E-state index contributed by atoms with van der Waals surface area (Å²) in [7, 11) is 0. The Balaban J connectivity index is 1.19. The summed E-state index contributed by atoms with van der Waals surface area (Å²) >= 11 is 12.3. The van der Waals surface area contributed by atoms with Crippen LogP contribution in [-0.4, -0.2) is 52.1 Å². The smallest absolute Gasteiger partial charge is 0.264 e. The van der Waals surface area contributed by atoms with Crippen molar-refractivity contribution >= 4 is 58.4 Å². The highest BCUT2D eigenvalue weighted by atomic mass is 35.5. The number of anilines is 1. The van der Waals surface area contributed by atoms with Gasteiger partial charge in [-0.2, -0.15) is 10.2 Å². The summed E-state index contributed by atoms with van der Waals surface area (Å²) in [6, 6.07) is 21.5. The maximum absolute atomic E-state index is 14.0. The SMILES string of the molecule is O=C1[C@@H]2[C@@H](N=NN2CC(=O)N2N=C3/C(=C\c4ccc(Cl)cc4)CCC[C@@H]3[C@@H]2c2ccc(Cl)cc2)C(=O)N1c1ccccc1. The molecule has 7 rings (SSSR count). The van der Waals surface area contributed by atoms with E-state index >= 15 is 0 Å². The van der Waals surface area contributed by atoms with Crippen LogP contribution in [0.2, 0.25) is 10.0 Å². The third-order valence-electron chi connectivity index (χ3n) is 8.35. The average Bonchev–Trinajstić information content (AvgIpc) is 3.68. The number of para-hydroxylation sites is 1. The zero-order valence-electron chi connectivity index (χ0n) is 22.9. The Hall–Kier alpha value is -4.34. The second-order valence-electron chi connectivity index (χ2n) is 11.0. The van der Waals surface area contributed by atoms with E-state index in [1.807, 2.05) is 54.6 Å². The quantitative estimate of drug-likeness (QED) is 0.325. The van der Waals surface area contributed by atoms with E-state index in [2.05, 4.69) is 16.4 Å². The molecule has 0 radical (unpaired) electrons. The Morgan fingerprint density at radius 2 is 1.58 bits per heavy atom. The minimum absolute atomic E-state index is 0.0198. The van der Waals surface area contributed by atoms with E-state index < -0.39 is 23.9 Å². The summed E-state index contributed by atoms with van der Waals surface area (Å²) < 4.78 is 0. The minimum atomic E-state index is -0.992. The van der Waals surface area contributed by atoms with Crippen LogP contribution in [0.4, 0.5) is 5.69 Å². The van der Waals surface area contributed by atoms with Gasteiger partial charge in [-0.1, -0.05) is 70.9 Å². The van der Waals surface area contributed by atoms with Crippen LogP contribution in [0, 0.1) is 5.92 Å². The van der Waals surface area contributed by atoms with Crippen LogP contribution in [0.25, 0.3) is 6.08 Å². The monoisotopic (exact) mass is 612 g/mol. The second-order valence-corrected chi connectivity index (χ2v) is 11.9. The zero-order chi connectivity index (χ0) is 29.7. The predicted octanol–water partition coefficient (Wildman–Crippen LogP) is 6.11. The van der Waals surface area contributed by atoms with Gasteiger partial charge < -0.3 is 0 Å². The standard InChI is InChI=1S/C32H26Cl2N6O3/c33-22-13-9-19(10-14-22)17-21-5-4-8-25-27(21)36-40(29(25)20-11-15-23(34)16-12-20)26(41)18-38-30-28(35-37-38)31(42)39(32(30)43)24-6-2-1-3-7-24/h1-3,6-7,9-17,25,28-30H,4-5,8,18H2/b21-17-/t25-,28+,29-,30-/m0/s1. The summed E-state index contributed by atoms with van der Waals surface area (Å²) in [5.41, 5.74) is 4.33. The third kappa shape index (κ3) is 4.92. The number of hydrogen-bond donors (Lipinski definition) is 0. The van der Waals surface area contributed by atoms with Crippen molar-refractivity contribution in [2.24, 2.45) is 21.4 Å². The van der Waals surface area contributed by atoms with Gasteiger partial charge in [0, 0.05) is 16.0 Å². The van der Waals surface area contributed by atoms with Crippen LogP contribution < -0.4 is 4.90 Å². The van der Waals surface area contributed by atoms with Crippen molar-refractivity contribution in [3.8, 4) is 0 Å². The number of imide groups is 1. The molecular weight excluding hydrogens is 587 g/mol. The molecule has 2 fully saturated rings. The van der Waals surface area contributed by atoms with E-state index in [4.69, 9.17) is 28.3 Å². The largest absolute Gasteiger partial charge is 0.271 e. The molecule has 0 bridgehead atoms. The van der Waals surface area contributed by atoms with Crippen LogP contribution in [0.3, 0.4) is 0 Å². The summed E-state index contributed by atoms with van der Waals surface area (Å²) in [5, 5.41) is 17.2. The van der Waals surface area contributed by atoms with Gasteiger partial charge in [0.05, 0.1) is 17.4 Å². The van der Waals surface area contributed by atoms with Crippen LogP contribution in [0.5, 0.6) is 0 Å². The van der Waals surface area contributed by atoms with E-state index in [1.165, 1.54) is 10.0 Å². The Morgan fingerprint density at radius 1 is 0.884 bits per heavy atom. The summed E-state index contributed by atoms with van der Waals surface area (Å²) in [5.74, 6) is -1.27. The van der Waals surface area contributed by atoms with E-state index in [0.29, 0.717) is 15.7 Å². The van der Waals surface area contributed by atoms with Crippen LogP contribution in [0.1, 0.15) is 36.4 Å². The first-order valence-corrected chi connectivity index (χ1v) is 14.9. The van der Waals surface area contributed by atoms with Gasteiger partial charge in [-0.15, -0.1) is 0 Å². The fraction of sp³-hybridized carbons (Fsp3) is 0.250. The van der Waals surface area contributed by atoms with Crippen molar-refractivity contribution in [3.63, 3.8) is 0 Å². The summed E-state index contributed by atoms with van der Waals surface area (Å²) in [6.45, 7) is -0.254. The summed E-state index contributed by atoms with van der Waals surface area (Å²) in [6.07, 6.45) is 4.75. The van der Waals surface area contributed by atoms with Crippen molar-refractivity contribution in [1.29, 1.82) is 0 Å². The Bertz CT molecular complexity index is 1690. The number of hydrogen-bond acceptors (Lipinski definition) is 7.